The van der Waals surface area contributed by atoms with Crippen LogP contribution in [-0.4, -0.2) is 46.4 Å². The average Bonchev–Trinajstić information content (AvgIpc) is 2.97. The summed E-state index contributed by atoms with van der Waals surface area (Å²) in [7, 11) is 0. The number of ether oxygens (including phenoxy) is 1. The summed E-state index contributed by atoms with van der Waals surface area (Å²) in [6.45, 7) is 3.85. The predicted molar refractivity (Wildman–Crippen MR) is 74.9 cm³/mol. The van der Waals surface area contributed by atoms with Crippen molar-refractivity contribution in [1.29, 1.82) is 0 Å². The van der Waals surface area contributed by atoms with Gasteiger partial charge in [-0.25, -0.2) is 4.68 Å². The summed E-state index contributed by atoms with van der Waals surface area (Å²) < 4.78 is 7.17. The first-order chi connectivity index (χ1) is 9.74. The number of morpholine rings is 1. The molecule has 1 fully saturated rings. The molecule has 5 heteroatoms. The van der Waals surface area contributed by atoms with E-state index < -0.39 is 0 Å². The average molecular weight is 271 g/mol. The number of aromatic nitrogens is 2. The van der Waals surface area contributed by atoms with Gasteiger partial charge in [0.2, 0.25) is 0 Å². The molecule has 1 atom stereocenters. The monoisotopic (exact) mass is 271 g/mol. The molecule has 3 rings (SSSR count). The highest BCUT2D eigenvalue weighted by Gasteiger charge is 2.23. The Balaban J connectivity index is 1.78. The van der Waals surface area contributed by atoms with Gasteiger partial charge in [-0.1, -0.05) is 18.2 Å². The maximum Gasteiger partial charge on any atom is 0.257 e. The lowest BCUT2D eigenvalue weighted by molar-refractivity contribution is -0.0124. The number of carbonyl (C=O) groups excluding carboxylic acids is 1. The third-order valence-electron chi connectivity index (χ3n) is 3.38. The largest absolute Gasteiger partial charge is 0.375 e. The number of hydrogen-bond acceptors (Lipinski definition) is 3. The van der Waals surface area contributed by atoms with E-state index in [1.807, 2.05) is 42.2 Å². The molecule has 20 heavy (non-hydrogen) atoms. The molecular formula is C15H17N3O2. The first kappa shape index (κ1) is 12.9. The molecule has 2 aromatic rings. The van der Waals surface area contributed by atoms with E-state index >= 15 is 0 Å². The first-order valence-electron chi connectivity index (χ1n) is 6.75. The fraction of sp³-hybridized carbons (Fsp3) is 0.333. The smallest absolute Gasteiger partial charge is 0.257 e. The molecule has 1 aliphatic heterocycles. The second kappa shape index (κ2) is 5.46. The fourth-order valence-electron chi connectivity index (χ4n) is 2.34. The van der Waals surface area contributed by atoms with Gasteiger partial charge in [0.05, 0.1) is 30.2 Å². The topological polar surface area (TPSA) is 47.4 Å². The van der Waals surface area contributed by atoms with Crippen LogP contribution in [0.5, 0.6) is 0 Å². The van der Waals surface area contributed by atoms with Crippen LogP contribution in [0, 0.1) is 0 Å². The van der Waals surface area contributed by atoms with Crippen molar-refractivity contribution in [2.45, 2.75) is 13.0 Å². The Morgan fingerprint density at radius 2 is 2.15 bits per heavy atom. The van der Waals surface area contributed by atoms with Crippen molar-refractivity contribution in [2.24, 2.45) is 0 Å². The van der Waals surface area contributed by atoms with Crippen LogP contribution in [0.1, 0.15) is 17.3 Å². The molecule has 1 aromatic heterocycles. The Hall–Kier alpha value is -2.14. The van der Waals surface area contributed by atoms with Gasteiger partial charge in [0.1, 0.15) is 0 Å². The molecule has 2 heterocycles. The Morgan fingerprint density at radius 1 is 1.35 bits per heavy atom. The van der Waals surface area contributed by atoms with Gasteiger partial charge in [-0.3, -0.25) is 4.79 Å². The lowest BCUT2D eigenvalue weighted by Gasteiger charge is -2.30. The number of carbonyl (C=O) groups is 1. The van der Waals surface area contributed by atoms with Crippen molar-refractivity contribution in [2.75, 3.05) is 19.7 Å². The summed E-state index contributed by atoms with van der Waals surface area (Å²) in [4.78, 5) is 14.2. The fourth-order valence-corrected chi connectivity index (χ4v) is 2.34. The molecule has 1 unspecified atom stereocenters. The van der Waals surface area contributed by atoms with Crippen LogP contribution >= 0.6 is 0 Å². The molecular weight excluding hydrogens is 254 g/mol. The second-order valence-corrected chi connectivity index (χ2v) is 4.94. The minimum atomic E-state index is 0.0160. The third kappa shape index (κ3) is 2.58. The first-order valence-corrected chi connectivity index (χ1v) is 6.75. The number of amides is 1. The van der Waals surface area contributed by atoms with Gasteiger partial charge >= 0.3 is 0 Å². The van der Waals surface area contributed by atoms with Gasteiger partial charge in [0.15, 0.2) is 0 Å². The van der Waals surface area contributed by atoms with E-state index in [4.69, 9.17) is 4.74 Å². The van der Waals surface area contributed by atoms with Gasteiger partial charge in [0.25, 0.3) is 5.91 Å². The van der Waals surface area contributed by atoms with Crippen LogP contribution in [0.15, 0.2) is 42.7 Å². The van der Waals surface area contributed by atoms with Crippen molar-refractivity contribution >= 4 is 5.91 Å². The summed E-state index contributed by atoms with van der Waals surface area (Å²) in [6, 6.07) is 9.76. The minimum absolute atomic E-state index is 0.0160. The summed E-state index contributed by atoms with van der Waals surface area (Å²) in [5.41, 5.74) is 1.56. The maximum absolute atomic E-state index is 12.4. The van der Waals surface area contributed by atoms with Crippen LogP contribution < -0.4 is 0 Å². The Morgan fingerprint density at radius 3 is 2.90 bits per heavy atom. The van der Waals surface area contributed by atoms with Gasteiger partial charge in [-0.2, -0.15) is 5.10 Å². The molecule has 1 saturated heterocycles. The van der Waals surface area contributed by atoms with Crippen LogP contribution in [0.2, 0.25) is 0 Å². The highest BCUT2D eigenvalue weighted by Crippen LogP contribution is 2.12. The second-order valence-electron chi connectivity index (χ2n) is 4.94. The van der Waals surface area contributed by atoms with Crippen molar-refractivity contribution in [3.8, 4) is 5.69 Å². The summed E-state index contributed by atoms with van der Waals surface area (Å²) in [5, 5.41) is 4.26. The predicted octanol–water partition coefficient (Wildman–Crippen LogP) is 1.73. The zero-order valence-electron chi connectivity index (χ0n) is 11.4. The normalized spacial score (nSPS) is 19.1. The van der Waals surface area contributed by atoms with E-state index in [1.54, 1.807) is 17.1 Å². The molecule has 1 aromatic carbocycles. The Labute approximate surface area is 117 Å². The van der Waals surface area contributed by atoms with Crippen LogP contribution in [0.3, 0.4) is 0 Å². The highest BCUT2D eigenvalue weighted by atomic mass is 16.5. The molecule has 0 saturated carbocycles. The van der Waals surface area contributed by atoms with Gasteiger partial charge in [-0.05, 0) is 19.1 Å². The molecule has 1 aliphatic rings. The van der Waals surface area contributed by atoms with Gasteiger partial charge < -0.3 is 9.64 Å². The standard InChI is InChI=1S/C15H17N3O2/c1-12-10-17(7-8-20-12)15(19)13-9-16-18(11-13)14-5-3-2-4-6-14/h2-6,9,11-12H,7-8,10H2,1H3. The van der Waals surface area contributed by atoms with E-state index in [9.17, 15) is 4.79 Å². The number of benzene rings is 1. The molecule has 0 N–H and O–H groups in total. The maximum atomic E-state index is 12.4. The highest BCUT2D eigenvalue weighted by molar-refractivity contribution is 5.93. The van der Waals surface area contributed by atoms with Crippen LogP contribution in [-0.2, 0) is 4.74 Å². The SMILES string of the molecule is CC1CN(C(=O)c2cnn(-c3ccccc3)c2)CCO1. The van der Waals surface area contributed by atoms with Crippen molar-refractivity contribution in [3.63, 3.8) is 0 Å². The third-order valence-corrected chi connectivity index (χ3v) is 3.38. The van der Waals surface area contributed by atoms with E-state index in [-0.39, 0.29) is 12.0 Å². The molecule has 0 bridgehead atoms. The zero-order chi connectivity index (χ0) is 13.9. The quantitative estimate of drug-likeness (QED) is 0.835. The lowest BCUT2D eigenvalue weighted by atomic mass is 10.2. The summed E-state index contributed by atoms with van der Waals surface area (Å²) in [6.07, 6.45) is 3.49. The molecule has 0 spiro atoms. The Kier molecular flexibility index (Phi) is 3.52. The molecule has 0 radical (unpaired) electrons. The van der Waals surface area contributed by atoms with Crippen LogP contribution in [0.4, 0.5) is 0 Å². The van der Waals surface area contributed by atoms with Crippen molar-refractivity contribution in [1.82, 2.24) is 14.7 Å². The Bertz CT molecular complexity index is 594. The van der Waals surface area contributed by atoms with E-state index in [2.05, 4.69) is 5.10 Å². The summed E-state index contributed by atoms with van der Waals surface area (Å²) >= 11 is 0. The van der Waals surface area contributed by atoms with E-state index in [0.29, 0.717) is 25.3 Å². The molecule has 5 nitrogen and oxygen atoms in total. The summed E-state index contributed by atoms with van der Waals surface area (Å²) in [5.74, 6) is 0.0160. The number of hydrogen-bond donors (Lipinski definition) is 0. The van der Waals surface area contributed by atoms with Crippen molar-refractivity contribution < 1.29 is 9.53 Å². The number of nitrogens with zero attached hydrogens (tertiary/aromatic N) is 3. The molecule has 1 amide bonds. The lowest BCUT2D eigenvalue weighted by Crippen LogP contribution is -2.44. The minimum Gasteiger partial charge on any atom is -0.375 e. The van der Waals surface area contributed by atoms with E-state index in [0.717, 1.165) is 5.69 Å². The van der Waals surface area contributed by atoms with E-state index in [1.165, 1.54) is 0 Å². The molecule has 0 aliphatic carbocycles. The van der Waals surface area contributed by atoms with Gasteiger partial charge in [0, 0.05) is 19.3 Å². The zero-order valence-corrected chi connectivity index (χ0v) is 11.4. The van der Waals surface area contributed by atoms with Crippen molar-refractivity contribution in [3.05, 3.63) is 48.3 Å². The number of para-hydroxylation sites is 1. The number of rotatable bonds is 2. The van der Waals surface area contributed by atoms with Gasteiger partial charge in [-0.15, -0.1) is 0 Å². The van der Waals surface area contributed by atoms with Crippen LogP contribution in [0.25, 0.3) is 5.69 Å². The molecule has 104 valence electrons.